The highest BCUT2D eigenvalue weighted by atomic mass is 15.0. The molecule has 1 rings (SSSR count). The maximum Gasteiger partial charge on any atom is 0.0948 e. The zero-order chi connectivity index (χ0) is 10.4. The van der Waals surface area contributed by atoms with Crippen LogP contribution in [0.3, 0.4) is 0 Å². The molecule has 78 valence electrons. The Hall–Kier alpha value is -1.09. The summed E-state index contributed by atoms with van der Waals surface area (Å²) in [5.74, 6) is 0. The van der Waals surface area contributed by atoms with Gasteiger partial charge in [0, 0.05) is 13.1 Å². The molecular weight excluding hydrogens is 174 g/mol. The highest BCUT2D eigenvalue weighted by Crippen LogP contribution is 2.00. The molecule has 0 bridgehead atoms. The average Bonchev–Trinajstić information content (AvgIpc) is 2.58. The van der Waals surface area contributed by atoms with Crippen molar-refractivity contribution < 1.29 is 0 Å². The Labute approximate surface area is 85.8 Å². The fourth-order valence-corrected chi connectivity index (χ4v) is 1.21. The first-order valence-corrected chi connectivity index (χ1v) is 5.12. The van der Waals surface area contributed by atoms with Gasteiger partial charge in [-0.2, -0.15) is 0 Å². The number of nitrogens with one attached hydrogen (secondary N) is 1. The molecule has 1 atom stereocenters. The van der Waals surface area contributed by atoms with Gasteiger partial charge in [0.25, 0.3) is 0 Å². The summed E-state index contributed by atoms with van der Waals surface area (Å²) in [6.45, 7) is 5.39. The minimum absolute atomic E-state index is 0.421. The zero-order valence-electron chi connectivity index (χ0n) is 9.20. The van der Waals surface area contributed by atoms with Gasteiger partial charge in [-0.15, -0.1) is 0 Å². The van der Waals surface area contributed by atoms with E-state index in [9.17, 15) is 0 Å². The van der Waals surface area contributed by atoms with Crippen LogP contribution >= 0.6 is 0 Å². The van der Waals surface area contributed by atoms with Crippen LogP contribution in [-0.2, 0) is 7.05 Å². The molecule has 3 heteroatoms. The van der Waals surface area contributed by atoms with Crippen LogP contribution in [-0.4, -0.2) is 22.1 Å². The Balaban J connectivity index is 2.43. The minimum atomic E-state index is 0.421. The van der Waals surface area contributed by atoms with Gasteiger partial charge in [0.2, 0.25) is 0 Å². The Bertz CT molecular complexity index is 288. The molecule has 3 nitrogen and oxygen atoms in total. The predicted octanol–water partition coefficient (Wildman–Crippen LogP) is 1.82. The number of rotatable bonds is 5. The van der Waals surface area contributed by atoms with Crippen molar-refractivity contribution in [3.63, 3.8) is 0 Å². The van der Waals surface area contributed by atoms with Gasteiger partial charge in [0.15, 0.2) is 0 Å². The van der Waals surface area contributed by atoms with Crippen LogP contribution in [0.15, 0.2) is 18.6 Å². The Morgan fingerprint density at radius 2 is 2.43 bits per heavy atom. The van der Waals surface area contributed by atoms with Crippen LogP contribution in [0.5, 0.6) is 0 Å². The average molecular weight is 193 g/mol. The number of imidazole rings is 1. The number of hydrogen-bond donors (Lipinski definition) is 1. The first kappa shape index (κ1) is 11.0. The van der Waals surface area contributed by atoms with E-state index in [1.807, 2.05) is 24.1 Å². The summed E-state index contributed by atoms with van der Waals surface area (Å²) in [4.78, 5) is 4.05. The molecule has 0 amide bonds. The normalized spacial score (nSPS) is 13.6. The Morgan fingerprint density at radius 1 is 1.64 bits per heavy atom. The molecule has 1 N–H and O–H groups in total. The predicted molar refractivity (Wildman–Crippen MR) is 60.0 cm³/mol. The second-order valence-electron chi connectivity index (χ2n) is 3.53. The molecule has 0 saturated heterocycles. The molecule has 0 aliphatic heterocycles. The topological polar surface area (TPSA) is 29.9 Å². The van der Waals surface area contributed by atoms with Crippen LogP contribution in [0.4, 0.5) is 0 Å². The van der Waals surface area contributed by atoms with Gasteiger partial charge in [0.05, 0.1) is 18.2 Å². The zero-order valence-corrected chi connectivity index (χ0v) is 9.20. The van der Waals surface area contributed by atoms with Crippen molar-refractivity contribution in [2.24, 2.45) is 7.05 Å². The molecule has 1 aromatic rings. The van der Waals surface area contributed by atoms with E-state index in [1.54, 1.807) is 0 Å². The maximum absolute atomic E-state index is 4.05. The van der Waals surface area contributed by atoms with Gasteiger partial charge >= 0.3 is 0 Å². The molecule has 0 aliphatic carbocycles. The van der Waals surface area contributed by atoms with Crippen LogP contribution in [0.2, 0.25) is 0 Å². The van der Waals surface area contributed by atoms with Gasteiger partial charge in [-0.25, -0.2) is 4.98 Å². The lowest BCUT2D eigenvalue weighted by molar-refractivity contribution is 0.625. The SMILES string of the molecule is CCCNC(C)/C=C/c1cncn1C. The minimum Gasteiger partial charge on any atom is -0.334 e. The van der Waals surface area contributed by atoms with Gasteiger partial charge in [-0.1, -0.05) is 13.0 Å². The van der Waals surface area contributed by atoms with Crippen molar-refractivity contribution in [2.75, 3.05) is 6.54 Å². The summed E-state index contributed by atoms with van der Waals surface area (Å²) >= 11 is 0. The molecule has 0 aromatic carbocycles. The summed E-state index contributed by atoms with van der Waals surface area (Å²) in [6, 6.07) is 0.421. The van der Waals surface area contributed by atoms with E-state index in [2.05, 4.69) is 36.3 Å². The van der Waals surface area contributed by atoms with Crippen LogP contribution in [0, 0.1) is 0 Å². The first-order chi connectivity index (χ1) is 6.74. The largest absolute Gasteiger partial charge is 0.334 e. The molecule has 0 radical (unpaired) electrons. The van der Waals surface area contributed by atoms with Gasteiger partial charge < -0.3 is 9.88 Å². The Kier molecular flexibility index (Phi) is 4.40. The van der Waals surface area contributed by atoms with Gasteiger partial charge in [-0.3, -0.25) is 0 Å². The van der Waals surface area contributed by atoms with Gasteiger partial charge in [-0.05, 0) is 26.0 Å². The fraction of sp³-hybridized carbons (Fsp3) is 0.545. The number of aryl methyl sites for hydroxylation is 1. The molecule has 14 heavy (non-hydrogen) atoms. The number of hydrogen-bond acceptors (Lipinski definition) is 2. The van der Waals surface area contributed by atoms with E-state index in [0.717, 1.165) is 12.2 Å². The van der Waals surface area contributed by atoms with E-state index in [-0.39, 0.29) is 0 Å². The molecular formula is C11H19N3. The molecule has 0 spiro atoms. The summed E-state index contributed by atoms with van der Waals surface area (Å²) in [6.07, 6.45) is 9.10. The van der Waals surface area contributed by atoms with Crippen LogP contribution in [0.1, 0.15) is 26.0 Å². The van der Waals surface area contributed by atoms with Gasteiger partial charge in [0.1, 0.15) is 0 Å². The maximum atomic E-state index is 4.05. The molecule has 0 fully saturated rings. The molecule has 1 unspecified atom stereocenters. The van der Waals surface area contributed by atoms with Crippen LogP contribution < -0.4 is 5.32 Å². The third kappa shape index (κ3) is 3.34. The summed E-state index contributed by atoms with van der Waals surface area (Å²) in [5.41, 5.74) is 1.13. The highest BCUT2D eigenvalue weighted by Gasteiger charge is 1.95. The molecule has 1 heterocycles. The standard InChI is InChI=1S/C11H19N3/c1-4-7-13-10(2)5-6-11-8-12-9-14(11)3/h5-6,8-10,13H,4,7H2,1-3H3/b6-5+. The lowest BCUT2D eigenvalue weighted by Gasteiger charge is -2.07. The van der Waals surface area contributed by atoms with Crippen molar-refractivity contribution in [3.8, 4) is 0 Å². The first-order valence-electron chi connectivity index (χ1n) is 5.12. The quantitative estimate of drug-likeness (QED) is 0.773. The van der Waals surface area contributed by atoms with E-state index < -0.39 is 0 Å². The monoisotopic (exact) mass is 193 g/mol. The fourth-order valence-electron chi connectivity index (χ4n) is 1.21. The van der Waals surface area contributed by atoms with E-state index in [0.29, 0.717) is 6.04 Å². The molecule has 0 aliphatic rings. The summed E-state index contributed by atoms with van der Waals surface area (Å²) in [5, 5.41) is 3.40. The van der Waals surface area contributed by atoms with Crippen molar-refractivity contribution in [3.05, 3.63) is 24.3 Å². The second-order valence-corrected chi connectivity index (χ2v) is 3.53. The molecule has 1 aromatic heterocycles. The highest BCUT2D eigenvalue weighted by molar-refractivity contribution is 5.44. The number of nitrogens with zero attached hydrogens (tertiary/aromatic N) is 2. The van der Waals surface area contributed by atoms with E-state index in [4.69, 9.17) is 0 Å². The lowest BCUT2D eigenvalue weighted by atomic mass is 10.2. The third-order valence-corrected chi connectivity index (χ3v) is 2.13. The van der Waals surface area contributed by atoms with E-state index >= 15 is 0 Å². The van der Waals surface area contributed by atoms with Crippen molar-refractivity contribution >= 4 is 6.08 Å². The van der Waals surface area contributed by atoms with Crippen molar-refractivity contribution in [2.45, 2.75) is 26.3 Å². The summed E-state index contributed by atoms with van der Waals surface area (Å²) in [7, 11) is 2.00. The lowest BCUT2D eigenvalue weighted by Crippen LogP contribution is -2.24. The second kappa shape index (κ2) is 5.60. The third-order valence-electron chi connectivity index (χ3n) is 2.13. The molecule has 0 saturated carbocycles. The van der Waals surface area contributed by atoms with E-state index in [1.165, 1.54) is 6.42 Å². The Morgan fingerprint density at radius 3 is 3.00 bits per heavy atom. The number of aromatic nitrogens is 2. The smallest absolute Gasteiger partial charge is 0.0948 e. The summed E-state index contributed by atoms with van der Waals surface area (Å²) < 4.78 is 2.00. The van der Waals surface area contributed by atoms with Crippen molar-refractivity contribution in [1.82, 2.24) is 14.9 Å². The van der Waals surface area contributed by atoms with Crippen molar-refractivity contribution in [1.29, 1.82) is 0 Å². The van der Waals surface area contributed by atoms with Crippen LogP contribution in [0.25, 0.3) is 6.08 Å².